The fraction of sp³-hybridized carbons (Fsp3) is 0.417. The molecule has 0 heterocycles. The highest BCUT2D eigenvalue weighted by atomic mass is 35.5. The average Bonchev–Trinajstić information content (AvgIpc) is 2.24. The summed E-state index contributed by atoms with van der Waals surface area (Å²) >= 11 is 5.40. The second-order valence-corrected chi connectivity index (χ2v) is 4.33. The molecule has 0 spiro atoms. The summed E-state index contributed by atoms with van der Waals surface area (Å²) in [5, 5.41) is 8.99. The van der Waals surface area contributed by atoms with Crippen LogP contribution < -0.4 is 4.84 Å². The van der Waals surface area contributed by atoms with Gasteiger partial charge < -0.3 is 5.11 Å². The minimum Gasteiger partial charge on any atom is -0.480 e. The van der Waals surface area contributed by atoms with Crippen LogP contribution >= 0.6 is 11.8 Å². The van der Waals surface area contributed by atoms with E-state index in [1.54, 1.807) is 19.9 Å². The van der Waals surface area contributed by atoms with Gasteiger partial charge in [-0.2, -0.15) is 0 Å². The van der Waals surface area contributed by atoms with Gasteiger partial charge >= 0.3 is 5.97 Å². The van der Waals surface area contributed by atoms with Crippen molar-refractivity contribution in [3.63, 3.8) is 0 Å². The zero-order chi connectivity index (χ0) is 13.2. The molecule has 1 aromatic carbocycles. The first-order chi connectivity index (χ1) is 7.90. The third-order valence-corrected chi connectivity index (χ3v) is 3.31. The Balaban J connectivity index is 3.24. The smallest absolute Gasteiger partial charge is 0.322 e. The Morgan fingerprint density at radius 2 is 2.06 bits per heavy atom. The Hall–Kier alpha value is -1.13. The number of carboxylic acids is 1. The van der Waals surface area contributed by atoms with Crippen LogP contribution in [0.5, 0.6) is 0 Å². The summed E-state index contributed by atoms with van der Waals surface area (Å²) in [6.07, 6.45) is 0. The number of rotatable bonds is 4. The lowest BCUT2D eigenvalue weighted by atomic mass is 9.88. The van der Waals surface area contributed by atoms with E-state index in [-0.39, 0.29) is 0 Å². The van der Waals surface area contributed by atoms with E-state index in [1.165, 1.54) is 6.07 Å². The first-order valence-electron chi connectivity index (χ1n) is 5.24. The highest BCUT2D eigenvalue weighted by Crippen LogP contribution is 2.28. The van der Waals surface area contributed by atoms with Crippen LogP contribution in [0.2, 0.25) is 0 Å². The molecule has 3 nitrogen and oxygen atoms in total. The highest BCUT2D eigenvalue weighted by molar-refractivity contribution is 6.14. The molecule has 0 aliphatic rings. The van der Waals surface area contributed by atoms with Crippen molar-refractivity contribution in [2.24, 2.45) is 0 Å². The number of carbonyl (C=O) groups is 1. The van der Waals surface area contributed by atoms with Crippen molar-refractivity contribution in [1.82, 2.24) is 4.84 Å². The molecule has 94 valence electrons. The molecule has 0 aromatic heterocycles. The van der Waals surface area contributed by atoms with Gasteiger partial charge in [-0.15, -0.1) is 0 Å². The van der Waals surface area contributed by atoms with Crippen molar-refractivity contribution < 1.29 is 14.3 Å². The molecule has 0 unspecified atom stereocenters. The zero-order valence-electron chi connectivity index (χ0n) is 9.92. The van der Waals surface area contributed by atoms with E-state index in [9.17, 15) is 9.18 Å². The SMILES string of the molecule is Cc1ccc(F)c([C@@H](C)[C@H](NCl)C(=O)O)c1C. The van der Waals surface area contributed by atoms with Crippen LogP contribution in [0, 0.1) is 19.7 Å². The summed E-state index contributed by atoms with van der Waals surface area (Å²) in [5.74, 6) is -2.06. The third-order valence-electron chi connectivity index (χ3n) is 3.07. The van der Waals surface area contributed by atoms with Crippen LogP contribution in [0.4, 0.5) is 4.39 Å². The van der Waals surface area contributed by atoms with Crippen LogP contribution in [0.25, 0.3) is 0 Å². The normalized spacial score (nSPS) is 14.4. The number of nitrogens with one attached hydrogen (secondary N) is 1. The second-order valence-electron chi connectivity index (χ2n) is 4.12. The van der Waals surface area contributed by atoms with Crippen molar-refractivity contribution in [2.75, 3.05) is 0 Å². The van der Waals surface area contributed by atoms with Gasteiger partial charge in [0.15, 0.2) is 0 Å². The van der Waals surface area contributed by atoms with Gasteiger partial charge in [-0.05, 0) is 48.4 Å². The maximum atomic E-state index is 13.8. The minimum absolute atomic E-state index is 0.394. The lowest BCUT2D eigenvalue weighted by Gasteiger charge is -2.22. The average molecular weight is 260 g/mol. The van der Waals surface area contributed by atoms with Crippen LogP contribution in [0.1, 0.15) is 29.5 Å². The number of hydrogen-bond acceptors (Lipinski definition) is 2. The van der Waals surface area contributed by atoms with Crippen molar-refractivity contribution in [1.29, 1.82) is 0 Å². The van der Waals surface area contributed by atoms with E-state index in [4.69, 9.17) is 16.9 Å². The number of carboxylic acid groups (broad SMARTS) is 1. The molecule has 0 radical (unpaired) electrons. The molecule has 0 saturated carbocycles. The van der Waals surface area contributed by atoms with Gasteiger partial charge in [0.05, 0.1) is 0 Å². The van der Waals surface area contributed by atoms with Gasteiger partial charge in [-0.25, -0.2) is 9.23 Å². The van der Waals surface area contributed by atoms with Crippen molar-refractivity contribution in [3.8, 4) is 0 Å². The van der Waals surface area contributed by atoms with Crippen LogP contribution in [-0.2, 0) is 4.79 Å². The number of halogens is 2. The number of aliphatic carboxylic acids is 1. The summed E-state index contributed by atoms with van der Waals surface area (Å²) in [5.41, 5.74) is 2.08. The lowest BCUT2D eigenvalue weighted by molar-refractivity contribution is -0.139. The fourth-order valence-electron chi connectivity index (χ4n) is 1.89. The molecule has 0 saturated heterocycles. The van der Waals surface area contributed by atoms with E-state index in [2.05, 4.69) is 4.84 Å². The van der Waals surface area contributed by atoms with E-state index < -0.39 is 23.7 Å². The molecule has 0 amide bonds. The number of aryl methyl sites for hydroxylation is 1. The molecule has 17 heavy (non-hydrogen) atoms. The van der Waals surface area contributed by atoms with Crippen LogP contribution in [-0.4, -0.2) is 17.1 Å². The quantitative estimate of drug-likeness (QED) is 0.818. The van der Waals surface area contributed by atoms with E-state index in [1.807, 2.05) is 6.92 Å². The van der Waals surface area contributed by atoms with Crippen molar-refractivity contribution >= 4 is 17.7 Å². The molecule has 0 aliphatic carbocycles. The fourth-order valence-corrected chi connectivity index (χ4v) is 2.17. The molecular formula is C12H15ClFNO2. The number of hydrogen-bond donors (Lipinski definition) is 2. The van der Waals surface area contributed by atoms with Gasteiger partial charge in [-0.3, -0.25) is 4.79 Å². The van der Waals surface area contributed by atoms with Crippen LogP contribution in [0.3, 0.4) is 0 Å². The van der Waals surface area contributed by atoms with Crippen LogP contribution in [0.15, 0.2) is 12.1 Å². The third kappa shape index (κ3) is 2.76. The van der Waals surface area contributed by atoms with Crippen molar-refractivity contribution in [3.05, 3.63) is 34.6 Å². The van der Waals surface area contributed by atoms with Gasteiger partial charge in [0.25, 0.3) is 0 Å². The molecule has 1 rings (SSSR count). The predicted molar refractivity (Wildman–Crippen MR) is 64.7 cm³/mol. The monoisotopic (exact) mass is 259 g/mol. The van der Waals surface area contributed by atoms with E-state index in [0.29, 0.717) is 5.56 Å². The maximum Gasteiger partial charge on any atom is 0.322 e. The minimum atomic E-state index is -1.10. The standard InChI is InChI=1S/C12H15ClFNO2/c1-6-4-5-9(14)10(7(6)2)8(3)11(15-13)12(16)17/h4-5,8,11,15H,1-3H3,(H,16,17)/t8-,11+/m1/s1. The molecule has 2 N–H and O–H groups in total. The zero-order valence-corrected chi connectivity index (χ0v) is 10.7. The topological polar surface area (TPSA) is 49.3 Å². The Bertz CT molecular complexity index is 437. The van der Waals surface area contributed by atoms with Gasteiger partial charge in [0.1, 0.15) is 11.9 Å². The van der Waals surface area contributed by atoms with E-state index >= 15 is 0 Å². The Kier molecular flexibility index (Phi) is 4.48. The molecule has 0 fully saturated rings. The second kappa shape index (κ2) is 5.47. The summed E-state index contributed by atoms with van der Waals surface area (Å²) in [6, 6.07) is 2.00. The van der Waals surface area contributed by atoms with Gasteiger partial charge in [0, 0.05) is 5.92 Å². The Labute approximate surface area is 105 Å². The van der Waals surface area contributed by atoms with Crippen molar-refractivity contribution in [2.45, 2.75) is 32.7 Å². The Morgan fingerprint density at radius 3 is 2.53 bits per heavy atom. The first-order valence-corrected chi connectivity index (χ1v) is 5.62. The summed E-state index contributed by atoms with van der Waals surface area (Å²) in [4.78, 5) is 13.2. The molecule has 2 atom stereocenters. The molecule has 1 aromatic rings. The lowest BCUT2D eigenvalue weighted by Crippen LogP contribution is -2.36. The first kappa shape index (κ1) is 13.9. The number of benzene rings is 1. The molecule has 0 aliphatic heterocycles. The van der Waals surface area contributed by atoms with E-state index in [0.717, 1.165) is 11.1 Å². The molecule has 0 bridgehead atoms. The summed E-state index contributed by atoms with van der Waals surface area (Å²) < 4.78 is 13.8. The maximum absolute atomic E-state index is 13.8. The largest absolute Gasteiger partial charge is 0.480 e. The Morgan fingerprint density at radius 1 is 1.47 bits per heavy atom. The molecular weight excluding hydrogens is 245 g/mol. The van der Waals surface area contributed by atoms with Gasteiger partial charge in [0.2, 0.25) is 0 Å². The van der Waals surface area contributed by atoms with Gasteiger partial charge in [-0.1, -0.05) is 13.0 Å². The highest BCUT2D eigenvalue weighted by Gasteiger charge is 2.28. The predicted octanol–water partition coefficient (Wildman–Crippen LogP) is 2.74. The summed E-state index contributed by atoms with van der Waals surface area (Å²) in [6.45, 7) is 5.27. The summed E-state index contributed by atoms with van der Waals surface area (Å²) in [7, 11) is 0. The molecule has 5 heteroatoms.